The molecule has 1 aromatic heterocycles. The van der Waals surface area contributed by atoms with E-state index in [4.69, 9.17) is 18.6 Å². The summed E-state index contributed by atoms with van der Waals surface area (Å²) in [6.07, 6.45) is 0.354. The van der Waals surface area contributed by atoms with Gasteiger partial charge < -0.3 is 18.6 Å². The number of hydrogen-bond acceptors (Lipinski definition) is 6. The summed E-state index contributed by atoms with van der Waals surface area (Å²) in [5.74, 6) is -2.91. The molecule has 3 aromatic rings. The van der Waals surface area contributed by atoms with Crippen molar-refractivity contribution in [3.05, 3.63) is 64.0 Å². The Hall–Kier alpha value is -3.49. The molecule has 186 valence electrons. The monoisotopic (exact) mass is 490 g/mol. The maximum absolute atomic E-state index is 13.7. The normalized spacial score (nSPS) is 14.6. The lowest BCUT2D eigenvalue weighted by atomic mass is 9.98. The number of esters is 1. The average Bonchev–Trinajstić information content (AvgIpc) is 2.84. The van der Waals surface area contributed by atoms with Gasteiger partial charge >= 0.3 is 12.1 Å². The van der Waals surface area contributed by atoms with Crippen molar-refractivity contribution >= 4 is 16.9 Å². The highest BCUT2D eigenvalue weighted by molar-refractivity contribution is 5.80. The first-order valence-electron chi connectivity index (χ1n) is 11.5. The van der Waals surface area contributed by atoms with Crippen molar-refractivity contribution < 1.29 is 36.6 Å². The van der Waals surface area contributed by atoms with Crippen LogP contribution in [0.25, 0.3) is 11.0 Å². The molecular formula is C26H25F3O6. The van der Waals surface area contributed by atoms with Gasteiger partial charge in [-0.25, -0.2) is 4.79 Å². The quantitative estimate of drug-likeness (QED) is 0.356. The molecule has 0 bridgehead atoms. The SMILES string of the molecule is CCc1ccc(Oc2c(C(F)(F)F)oc3cc(OCC(=O)OC4CCCCC4)ccc3c2=O)cc1. The van der Waals surface area contributed by atoms with Gasteiger partial charge in [-0.2, -0.15) is 13.2 Å². The van der Waals surface area contributed by atoms with Crippen LogP contribution in [0.15, 0.2) is 51.7 Å². The zero-order valence-electron chi connectivity index (χ0n) is 19.2. The zero-order valence-corrected chi connectivity index (χ0v) is 19.2. The molecule has 0 aliphatic heterocycles. The second kappa shape index (κ2) is 10.4. The van der Waals surface area contributed by atoms with Crippen LogP contribution in [-0.2, 0) is 22.1 Å². The van der Waals surface area contributed by atoms with Gasteiger partial charge in [-0.1, -0.05) is 25.5 Å². The summed E-state index contributed by atoms with van der Waals surface area (Å²) in [6.45, 7) is 1.53. The average molecular weight is 490 g/mol. The predicted octanol–water partition coefficient (Wildman–Crippen LogP) is 6.42. The summed E-state index contributed by atoms with van der Waals surface area (Å²) in [7, 11) is 0. The third-order valence-corrected chi connectivity index (χ3v) is 5.84. The van der Waals surface area contributed by atoms with Crippen LogP contribution >= 0.6 is 0 Å². The molecule has 0 saturated heterocycles. The summed E-state index contributed by atoms with van der Waals surface area (Å²) in [6, 6.07) is 10.2. The fourth-order valence-corrected chi connectivity index (χ4v) is 3.98. The second-order valence-corrected chi connectivity index (χ2v) is 8.38. The highest BCUT2D eigenvalue weighted by Gasteiger charge is 2.40. The maximum atomic E-state index is 13.7. The first-order chi connectivity index (χ1) is 16.7. The van der Waals surface area contributed by atoms with Crippen LogP contribution in [0.5, 0.6) is 17.2 Å². The van der Waals surface area contributed by atoms with E-state index in [2.05, 4.69) is 0 Å². The Morgan fingerprint density at radius 2 is 1.71 bits per heavy atom. The second-order valence-electron chi connectivity index (χ2n) is 8.38. The number of hydrogen-bond donors (Lipinski definition) is 0. The van der Waals surface area contributed by atoms with Gasteiger partial charge in [-0.3, -0.25) is 4.79 Å². The molecule has 0 unspecified atom stereocenters. The van der Waals surface area contributed by atoms with Gasteiger partial charge in [-0.05, 0) is 61.9 Å². The van der Waals surface area contributed by atoms with E-state index in [9.17, 15) is 22.8 Å². The number of carbonyl (C=O) groups is 1. The fourth-order valence-electron chi connectivity index (χ4n) is 3.98. The fraction of sp³-hybridized carbons (Fsp3) is 0.385. The van der Waals surface area contributed by atoms with E-state index in [-0.39, 0.29) is 28.6 Å². The summed E-state index contributed by atoms with van der Waals surface area (Å²) in [5, 5.41) is -0.115. The topological polar surface area (TPSA) is 75.0 Å². The maximum Gasteiger partial charge on any atom is 0.453 e. The van der Waals surface area contributed by atoms with Crippen molar-refractivity contribution in [3.8, 4) is 17.2 Å². The highest BCUT2D eigenvalue weighted by Crippen LogP contribution is 2.38. The van der Waals surface area contributed by atoms with Crippen LogP contribution in [0, 0.1) is 0 Å². The van der Waals surface area contributed by atoms with Gasteiger partial charge in [0.2, 0.25) is 11.2 Å². The molecule has 9 heteroatoms. The smallest absolute Gasteiger partial charge is 0.453 e. The Morgan fingerprint density at radius 1 is 1.03 bits per heavy atom. The summed E-state index contributed by atoms with van der Waals surface area (Å²) >= 11 is 0. The van der Waals surface area contributed by atoms with E-state index in [1.807, 2.05) is 6.92 Å². The number of benzene rings is 2. The van der Waals surface area contributed by atoms with Crippen molar-refractivity contribution in [1.82, 2.24) is 0 Å². The van der Waals surface area contributed by atoms with E-state index < -0.39 is 35.7 Å². The Kier molecular flexibility index (Phi) is 7.33. The molecule has 1 fully saturated rings. The standard InChI is InChI=1S/C26H25F3O6/c1-2-16-8-10-18(11-9-16)34-24-23(31)20-13-12-19(14-21(20)35-25(24)26(27,28)29)32-15-22(30)33-17-6-4-3-5-7-17/h8-14,17H,2-7,15H2,1H3. The van der Waals surface area contributed by atoms with Crippen molar-refractivity contribution in [3.63, 3.8) is 0 Å². The number of rotatable bonds is 7. The van der Waals surface area contributed by atoms with Crippen LogP contribution in [0.4, 0.5) is 13.2 Å². The van der Waals surface area contributed by atoms with Crippen molar-refractivity contribution in [2.75, 3.05) is 6.61 Å². The minimum absolute atomic E-state index is 0.0678. The Morgan fingerprint density at radius 3 is 2.37 bits per heavy atom. The number of halogens is 3. The Balaban J connectivity index is 1.57. The van der Waals surface area contributed by atoms with Crippen LogP contribution in [0.2, 0.25) is 0 Å². The van der Waals surface area contributed by atoms with Gasteiger partial charge in [0.15, 0.2) is 6.61 Å². The van der Waals surface area contributed by atoms with Gasteiger partial charge in [0.1, 0.15) is 23.2 Å². The van der Waals surface area contributed by atoms with E-state index in [1.54, 1.807) is 12.1 Å². The van der Waals surface area contributed by atoms with Gasteiger partial charge in [-0.15, -0.1) is 0 Å². The van der Waals surface area contributed by atoms with Crippen LogP contribution in [-0.4, -0.2) is 18.7 Å². The predicted molar refractivity (Wildman–Crippen MR) is 122 cm³/mol. The number of fused-ring (bicyclic) bond motifs is 1. The lowest BCUT2D eigenvalue weighted by Gasteiger charge is -2.21. The first-order valence-corrected chi connectivity index (χ1v) is 11.5. The molecule has 2 aromatic carbocycles. The van der Waals surface area contributed by atoms with E-state index in [0.717, 1.165) is 50.2 Å². The van der Waals surface area contributed by atoms with E-state index in [0.29, 0.717) is 0 Å². The third-order valence-electron chi connectivity index (χ3n) is 5.84. The first kappa shape index (κ1) is 24.6. The number of ether oxygens (including phenoxy) is 3. The number of carbonyl (C=O) groups excluding carboxylic acids is 1. The third kappa shape index (κ3) is 5.96. The van der Waals surface area contributed by atoms with Crippen LogP contribution < -0.4 is 14.9 Å². The molecule has 1 aliphatic rings. The van der Waals surface area contributed by atoms with Crippen LogP contribution in [0.1, 0.15) is 50.4 Å². The summed E-state index contributed by atoms with van der Waals surface area (Å²) in [4.78, 5) is 25.0. The molecule has 0 N–H and O–H groups in total. The van der Waals surface area contributed by atoms with E-state index in [1.165, 1.54) is 24.3 Å². The Labute approximate surface area is 199 Å². The summed E-state index contributed by atoms with van der Waals surface area (Å²) in [5.41, 5.74) is -0.343. The van der Waals surface area contributed by atoms with Crippen molar-refractivity contribution in [2.24, 2.45) is 0 Å². The molecule has 1 heterocycles. The van der Waals surface area contributed by atoms with Gasteiger partial charge in [0, 0.05) is 6.07 Å². The van der Waals surface area contributed by atoms with Crippen molar-refractivity contribution in [1.29, 1.82) is 0 Å². The lowest BCUT2D eigenvalue weighted by Crippen LogP contribution is -2.24. The molecule has 6 nitrogen and oxygen atoms in total. The van der Waals surface area contributed by atoms with E-state index >= 15 is 0 Å². The highest BCUT2D eigenvalue weighted by atomic mass is 19.4. The molecule has 4 rings (SSSR count). The zero-order chi connectivity index (χ0) is 25.0. The molecule has 0 radical (unpaired) electrons. The minimum atomic E-state index is -4.98. The number of alkyl halides is 3. The molecule has 0 atom stereocenters. The lowest BCUT2D eigenvalue weighted by molar-refractivity contribution is -0.154. The number of aryl methyl sites for hydroxylation is 1. The molecule has 0 amide bonds. The largest absolute Gasteiger partial charge is 0.482 e. The molecular weight excluding hydrogens is 465 g/mol. The molecule has 0 spiro atoms. The van der Waals surface area contributed by atoms with Crippen molar-refractivity contribution in [2.45, 2.75) is 57.7 Å². The molecule has 1 saturated carbocycles. The van der Waals surface area contributed by atoms with Crippen LogP contribution in [0.3, 0.4) is 0 Å². The Bertz CT molecular complexity index is 1240. The summed E-state index contributed by atoms with van der Waals surface area (Å²) < 4.78 is 62.4. The molecule has 1 aliphatic carbocycles. The molecule has 35 heavy (non-hydrogen) atoms. The minimum Gasteiger partial charge on any atom is -0.482 e. The van der Waals surface area contributed by atoms with Gasteiger partial charge in [0.05, 0.1) is 5.39 Å². The van der Waals surface area contributed by atoms with Gasteiger partial charge in [0.25, 0.3) is 5.76 Å².